The summed E-state index contributed by atoms with van der Waals surface area (Å²) >= 11 is 0. The molecule has 0 bridgehead atoms. The number of rotatable bonds is 7. The highest BCUT2D eigenvalue weighted by atomic mass is 16.5. The average molecular weight is 327 g/mol. The number of nitrogens with one attached hydrogen (secondary N) is 2. The first-order chi connectivity index (χ1) is 11.8. The Morgan fingerprint density at radius 1 is 0.958 bits per heavy atom. The van der Waals surface area contributed by atoms with Gasteiger partial charge in [-0.15, -0.1) is 0 Å². The topological polar surface area (TPSA) is 54.9 Å². The van der Waals surface area contributed by atoms with Crippen molar-refractivity contribution in [3.8, 4) is 11.5 Å². The summed E-state index contributed by atoms with van der Waals surface area (Å²) in [5, 5.41) is 6.63. The van der Waals surface area contributed by atoms with Crippen LogP contribution in [0, 0.1) is 0 Å². The molecule has 0 heterocycles. The first kappa shape index (κ1) is 17.7. The highest BCUT2D eigenvalue weighted by Crippen LogP contribution is 2.17. The fourth-order valence-corrected chi connectivity index (χ4v) is 2.37. The summed E-state index contributed by atoms with van der Waals surface area (Å²) in [6.07, 6.45) is 0.868. The summed E-state index contributed by atoms with van der Waals surface area (Å²) in [4.78, 5) is 4.25. The average Bonchev–Trinajstić information content (AvgIpc) is 2.65. The van der Waals surface area contributed by atoms with Crippen LogP contribution in [-0.4, -0.2) is 33.8 Å². The van der Waals surface area contributed by atoms with Crippen molar-refractivity contribution in [2.24, 2.45) is 4.99 Å². The molecule has 2 aromatic carbocycles. The second kappa shape index (κ2) is 9.45. The van der Waals surface area contributed by atoms with Crippen LogP contribution in [0.4, 0.5) is 0 Å². The van der Waals surface area contributed by atoms with Gasteiger partial charge >= 0.3 is 0 Å². The Kier molecular flexibility index (Phi) is 6.95. The van der Waals surface area contributed by atoms with Crippen LogP contribution in [0.15, 0.2) is 53.5 Å². The zero-order valence-electron chi connectivity index (χ0n) is 14.5. The second-order valence-electron chi connectivity index (χ2n) is 5.26. The van der Waals surface area contributed by atoms with Crippen LogP contribution in [0.1, 0.15) is 11.1 Å². The van der Waals surface area contributed by atoms with Gasteiger partial charge in [0.15, 0.2) is 5.96 Å². The Morgan fingerprint density at radius 3 is 2.38 bits per heavy atom. The highest BCUT2D eigenvalue weighted by Gasteiger charge is 2.03. The van der Waals surface area contributed by atoms with Gasteiger partial charge in [0, 0.05) is 20.1 Å². The third-order valence-corrected chi connectivity index (χ3v) is 3.72. The summed E-state index contributed by atoms with van der Waals surface area (Å²) in [5.74, 6) is 2.55. The fourth-order valence-electron chi connectivity index (χ4n) is 2.37. The van der Waals surface area contributed by atoms with E-state index in [-0.39, 0.29) is 0 Å². The SMILES string of the molecule is CN=C(NCCc1ccccc1OC)NCc1ccc(OC)cc1. The monoisotopic (exact) mass is 327 g/mol. The van der Waals surface area contributed by atoms with E-state index in [0.29, 0.717) is 6.54 Å². The minimum Gasteiger partial charge on any atom is -0.497 e. The Hall–Kier alpha value is -2.69. The third kappa shape index (κ3) is 5.19. The molecule has 0 aliphatic heterocycles. The molecule has 24 heavy (non-hydrogen) atoms. The summed E-state index contributed by atoms with van der Waals surface area (Å²) in [7, 11) is 5.13. The van der Waals surface area contributed by atoms with Crippen molar-refractivity contribution in [1.82, 2.24) is 10.6 Å². The lowest BCUT2D eigenvalue weighted by molar-refractivity contribution is 0.409. The number of hydrogen-bond acceptors (Lipinski definition) is 3. The highest BCUT2D eigenvalue weighted by molar-refractivity contribution is 5.79. The van der Waals surface area contributed by atoms with Crippen molar-refractivity contribution in [3.05, 3.63) is 59.7 Å². The number of guanidine groups is 1. The summed E-state index contributed by atoms with van der Waals surface area (Å²) in [6, 6.07) is 16.0. The van der Waals surface area contributed by atoms with Gasteiger partial charge in [-0.1, -0.05) is 30.3 Å². The van der Waals surface area contributed by atoms with Crippen molar-refractivity contribution in [2.45, 2.75) is 13.0 Å². The van der Waals surface area contributed by atoms with Gasteiger partial charge < -0.3 is 20.1 Å². The van der Waals surface area contributed by atoms with Gasteiger partial charge in [-0.05, 0) is 35.7 Å². The molecule has 5 nitrogen and oxygen atoms in total. The lowest BCUT2D eigenvalue weighted by Gasteiger charge is -2.13. The molecule has 128 valence electrons. The molecule has 0 unspecified atom stereocenters. The molecule has 0 saturated heterocycles. The van der Waals surface area contributed by atoms with Crippen LogP contribution in [0.2, 0.25) is 0 Å². The number of methoxy groups -OCH3 is 2. The third-order valence-electron chi connectivity index (χ3n) is 3.72. The zero-order chi connectivity index (χ0) is 17.2. The van der Waals surface area contributed by atoms with E-state index in [1.54, 1.807) is 21.3 Å². The Bertz CT molecular complexity index is 654. The molecule has 0 aliphatic rings. The van der Waals surface area contributed by atoms with Crippen LogP contribution in [0.3, 0.4) is 0 Å². The van der Waals surface area contributed by atoms with Crippen molar-refractivity contribution >= 4 is 5.96 Å². The maximum atomic E-state index is 5.37. The van der Waals surface area contributed by atoms with E-state index in [1.165, 1.54) is 11.1 Å². The number of nitrogens with zero attached hydrogens (tertiary/aromatic N) is 1. The van der Waals surface area contributed by atoms with Crippen LogP contribution < -0.4 is 20.1 Å². The Labute approximate surface area is 143 Å². The zero-order valence-corrected chi connectivity index (χ0v) is 14.5. The number of hydrogen-bond donors (Lipinski definition) is 2. The van der Waals surface area contributed by atoms with E-state index in [1.807, 2.05) is 42.5 Å². The minimum atomic E-state index is 0.707. The van der Waals surface area contributed by atoms with E-state index in [4.69, 9.17) is 9.47 Å². The maximum Gasteiger partial charge on any atom is 0.191 e. The predicted molar refractivity (Wildman–Crippen MR) is 97.9 cm³/mol. The fraction of sp³-hybridized carbons (Fsp3) is 0.316. The standard InChI is InChI=1S/C19H25N3O2/c1-20-19(22-14-15-8-10-17(23-2)11-9-15)21-13-12-16-6-4-5-7-18(16)24-3/h4-11H,12-14H2,1-3H3,(H2,20,21,22). The van der Waals surface area contributed by atoms with Crippen molar-refractivity contribution in [1.29, 1.82) is 0 Å². The van der Waals surface area contributed by atoms with Gasteiger partial charge in [-0.3, -0.25) is 4.99 Å². The lowest BCUT2D eigenvalue weighted by Crippen LogP contribution is -2.37. The van der Waals surface area contributed by atoms with Gasteiger partial charge in [-0.2, -0.15) is 0 Å². The minimum absolute atomic E-state index is 0.707. The molecule has 0 aliphatic carbocycles. The van der Waals surface area contributed by atoms with Crippen LogP contribution in [0.5, 0.6) is 11.5 Å². The molecule has 0 saturated carbocycles. The molecule has 0 fully saturated rings. The molecule has 2 N–H and O–H groups in total. The Morgan fingerprint density at radius 2 is 1.71 bits per heavy atom. The van der Waals surface area contributed by atoms with E-state index in [2.05, 4.69) is 21.7 Å². The molecular weight excluding hydrogens is 302 g/mol. The first-order valence-corrected chi connectivity index (χ1v) is 7.96. The van der Waals surface area contributed by atoms with E-state index < -0.39 is 0 Å². The van der Waals surface area contributed by atoms with E-state index >= 15 is 0 Å². The number of aliphatic imine (C=N–C) groups is 1. The summed E-state index contributed by atoms with van der Waals surface area (Å²) < 4.78 is 10.5. The lowest BCUT2D eigenvalue weighted by atomic mass is 10.1. The summed E-state index contributed by atoms with van der Waals surface area (Å²) in [5.41, 5.74) is 2.35. The molecule has 0 radical (unpaired) electrons. The molecule has 2 aromatic rings. The predicted octanol–water partition coefficient (Wildman–Crippen LogP) is 2.61. The Balaban J connectivity index is 1.79. The first-order valence-electron chi connectivity index (χ1n) is 7.96. The quantitative estimate of drug-likeness (QED) is 0.606. The van der Waals surface area contributed by atoms with Crippen LogP contribution in [0.25, 0.3) is 0 Å². The molecule has 0 amide bonds. The number of para-hydroxylation sites is 1. The van der Waals surface area contributed by atoms with Gasteiger partial charge in [0.2, 0.25) is 0 Å². The summed E-state index contributed by atoms with van der Waals surface area (Å²) in [6.45, 7) is 1.49. The molecule has 0 aromatic heterocycles. The van der Waals surface area contributed by atoms with E-state index in [0.717, 1.165) is 30.4 Å². The second-order valence-corrected chi connectivity index (χ2v) is 5.26. The van der Waals surface area contributed by atoms with E-state index in [9.17, 15) is 0 Å². The van der Waals surface area contributed by atoms with Crippen LogP contribution >= 0.6 is 0 Å². The van der Waals surface area contributed by atoms with Gasteiger partial charge in [0.1, 0.15) is 11.5 Å². The smallest absolute Gasteiger partial charge is 0.191 e. The van der Waals surface area contributed by atoms with Crippen LogP contribution in [-0.2, 0) is 13.0 Å². The molecule has 5 heteroatoms. The normalized spacial score (nSPS) is 11.0. The van der Waals surface area contributed by atoms with Gasteiger partial charge in [0.05, 0.1) is 14.2 Å². The van der Waals surface area contributed by atoms with Crippen molar-refractivity contribution in [3.63, 3.8) is 0 Å². The molecule has 0 atom stereocenters. The van der Waals surface area contributed by atoms with Crippen molar-refractivity contribution in [2.75, 3.05) is 27.8 Å². The largest absolute Gasteiger partial charge is 0.497 e. The van der Waals surface area contributed by atoms with Crippen molar-refractivity contribution < 1.29 is 9.47 Å². The molecule has 0 spiro atoms. The van der Waals surface area contributed by atoms with Gasteiger partial charge in [-0.25, -0.2) is 0 Å². The van der Waals surface area contributed by atoms with Gasteiger partial charge in [0.25, 0.3) is 0 Å². The number of ether oxygens (including phenoxy) is 2. The number of benzene rings is 2. The molecule has 2 rings (SSSR count). The maximum absolute atomic E-state index is 5.37. The molecular formula is C19H25N3O2.